The van der Waals surface area contributed by atoms with Crippen LogP contribution in [0.15, 0.2) is 91.1 Å². The van der Waals surface area contributed by atoms with E-state index in [9.17, 15) is 22.4 Å². The average molecular weight is 543 g/mol. The van der Waals surface area contributed by atoms with Crippen LogP contribution in [-0.2, 0) is 29.4 Å². The molecule has 3 aromatic carbocycles. The van der Waals surface area contributed by atoms with Crippen molar-refractivity contribution >= 4 is 17.6 Å². The number of hydrogen-bond donors (Lipinski definition) is 1. The van der Waals surface area contributed by atoms with Gasteiger partial charge in [0.1, 0.15) is 5.82 Å². The summed E-state index contributed by atoms with van der Waals surface area (Å²) in [6, 6.07) is 21.3. The fourth-order valence-corrected chi connectivity index (χ4v) is 4.47. The molecule has 196 valence electrons. The van der Waals surface area contributed by atoms with Gasteiger partial charge in [-0.25, -0.2) is 9.18 Å². The first-order chi connectivity index (χ1) is 18.1. The minimum Gasteiger partial charge on any atom is -0.465 e. The van der Waals surface area contributed by atoms with Gasteiger partial charge in [-0.05, 0) is 53.1 Å². The highest BCUT2D eigenvalue weighted by molar-refractivity contribution is 6.30. The number of halogens is 5. The topological polar surface area (TPSA) is 51.2 Å². The molecule has 4 rings (SSSR count). The van der Waals surface area contributed by atoms with Crippen LogP contribution in [0.25, 0.3) is 0 Å². The molecule has 0 saturated heterocycles. The van der Waals surface area contributed by atoms with E-state index in [0.29, 0.717) is 22.3 Å². The molecule has 0 unspecified atom stereocenters. The lowest BCUT2D eigenvalue weighted by Crippen LogP contribution is -2.46. The highest BCUT2D eigenvalue weighted by atomic mass is 35.5. The molecule has 0 bridgehead atoms. The number of ether oxygens (including phenoxy) is 1. The van der Waals surface area contributed by atoms with Crippen LogP contribution in [-0.4, -0.2) is 18.1 Å². The Hall–Kier alpha value is -3.75. The van der Waals surface area contributed by atoms with E-state index in [1.54, 1.807) is 48.5 Å². The number of esters is 1. The third-order valence-electron chi connectivity index (χ3n) is 6.20. The first-order valence-corrected chi connectivity index (χ1v) is 12.0. The predicted molar refractivity (Wildman–Crippen MR) is 136 cm³/mol. The molecule has 38 heavy (non-hydrogen) atoms. The second kappa shape index (κ2) is 11.3. The lowest BCUT2D eigenvalue weighted by molar-refractivity contribution is -0.137. The summed E-state index contributed by atoms with van der Waals surface area (Å²) in [6.45, 7) is 0.0281. The van der Waals surface area contributed by atoms with E-state index < -0.39 is 29.1 Å². The van der Waals surface area contributed by atoms with Crippen LogP contribution in [0.3, 0.4) is 0 Å². The summed E-state index contributed by atoms with van der Waals surface area (Å²) in [6.07, 6.45) is -3.28. The summed E-state index contributed by atoms with van der Waals surface area (Å²) in [5.41, 5.74) is -0.656. The molecule has 1 heterocycles. The molecule has 0 saturated carbocycles. The molecule has 0 amide bonds. The van der Waals surface area contributed by atoms with E-state index in [-0.39, 0.29) is 24.1 Å². The Morgan fingerprint density at radius 2 is 1.63 bits per heavy atom. The second-order valence-electron chi connectivity index (χ2n) is 8.66. The number of hydrogen-bond acceptors (Lipinski definition) is 4. The van der Waals surface area contributed by atoms with Gasteiger partial charge < -0.3 is 4.74 Å². The van der Waals surface area contributed by atoms with Crippen LogP contribution in [0.5, 0.6) is 0 Å². The summed E-state index contributed by atoms with van der Waals surface area (Å²) in [5, 5.41) is 3.66. The molecule has 0 spiro atoms. The van der Waals surface area contributed by atoms with Gasteiger partial charge in [-0.15, -0.1) is 0 Å². The first-order valence-electron chi connectivity index (χ1n) is 11.6. The molecule has 0 fully saturated rings. The van der Waals surface area contributed by atoms with Crippen LogP contribution in [0.4, 0.5) is 17.6 Å². The minimum atomic E-state index is -4.78. The van der Waals surface area contributed by atoms with Crippen molar-refractivity contribution in [2.75, 3.05) is 7.11 Å². The van der Waals surface area contributed by atoms with Crippen molar-refractivity contribution < 1.29 is 27.1 Å². The maximum absolute atomic E-state index is 14.8. The van der Waals surface area contributed by atoms with Gasteiger partial charge in [-0.3, -0.25) is 10.3 Å². The van der Waals surface area contributed by atoms with E-state index >= 15 is 0 Å². The summed E-state index contributed by atoms with van der Waals surface area (Å²) in [4.78, 5) is 16.8. The standard InChI is InChI=1S/C29H23ClF4N2O2/c1-38-27(37)25-10-6-5-9-20(25)17-36-28(16-19-7-3-2-4-8-19,26-12-11-23(30)18-35-26)21-13-22(29(32,33)34)15-24(31)14-21/h2-15,18,36H,16-17H2,1H3/t28-/m0/s1. The fourth-order valence-electron chi connectivity index (χ4n) is 4.36. The van der Waals surface area contributed by atoms with E-state index in [1.807, 2.05) is 18.2 Å². The molecule has 4 aromatic rings. The van der Waals surface area contributed by atoms with Crippen molar-refractivity contribution in [1.82, 2.24) is 10.3 Å². The zero-order valence-corrected chi connectivity index (χ0v) is 21.0. The Labute approximate surface area is 222 Å². The number of rotatable bonds is 8. The van der Waals surface area contributed by atoms with Crippen LogP contribution < -0.4 is 5.32 Å². The smallest absolute Gasteiger partial charge is 0.416 e. The summed E-state index contributed by atoms with van der Waals surface area (Å²) in [5.74, 6) is -1.61. The highest BCUT2D eigenvalue weighted by Crippen LogP contribution is 2.38. The normalized spacial score (nSPS) is 13.1. The lowest BCUT2D eigenvalue weighted by Gasteiger charge is -2.36. The van der Waals surface area contributed by atoms with Crippen LogP contribution in [0.2, 0.25) is 5.02 Å². The van der Waals surface area contributed by atoms with Crippen molar-refractivity contribution in [3.05, 3.63) is 135 Å². The maximum Gasteiger partial charge on any atom is 0.416 e. The molecular formula is C29H23ClF4N2O2. The van der Waals surface area contributed by atoms with Gasteiger partial charge in [-0.2, -0.15) is 13.2 Å². The van der Waals surface area contributed by atoms with Gasteiger partial charge in [-0.1, -0.05) is 60.1 Å². The van der Waals surface area contributed by atoms with Gasteiger partial charge in [0.2, 0.25) is 0 Å². The van der Waals surface area contributed by atoms with Gasteiger partial charge in [0, 0.05) is 19.2 Å². The zero-order valence-electron chi connectivity index (χ0n) is 20.2. The molecule has 0 aliphatic rings. The molecule has 9 heteroatoms. The predicted octanol–water partition coefficient (Wildman–Crippen LogP) is 6.96. The molecule has 1 atom stereocenters. The SMILES string of the molecule is COC(=O)c1ccccc1CN[C@@](Cc1ccccc1)(c1cc(F)cc(C(F)(F)F)c1)c1ccc(Cl)cn1. The highest BCUT2D eigenvalue weighted by Gasteiger charge is 2.39. The first kappa shape index (κ1) is 27.3. The van der Waals surface area contributed by atoms with Crippen molar-refractivity contribution in [2.24, 2.45) is 0 Å². The minimum absolute atomic E-state index is 0.0130. The summed E-state index contributed by atoms with van der Waals surface area (Å²) in [7, 11) is 1.26. The molecule has 0 radical (unpaired) electrons. The number of carbonyl (C=O) groups is 1. The molecule has 1 aromatic heterocycles. The lowest BCUT2D eigenvalue weighted by atomic mass is 9.79. The Morgan fingerprint density at radius 3 is 2.29 bits per heavy atom. The number of benzene rings is 3. The monoisotopic (exact) mass is 542 g/mol. The summed E-state index contributed by atoms with van der Waals surface area (Å²) >= 11 is 6.08. The third-order valence-corrected chi connectivity index (χ3v) is 6.42. The number of methoxy groups -OCH3 is 1. The molecule has 4 nitrogen and oxygen atoms in total. The molecule has 0 aliphatic carbocycles. The number of pyridine rings is 1. The van der Waals surface area contributed by atoms with E-state index in [1.165, 1.54) is 13.3 Å². The van der Waals surface area contributed by atoms with E-state index in [2.05, 4.69) is 10.3 Å². The van der Waals surface area contributed by atoms with Crippen molar-refractivity contribution in [3.63, 3.8) is 0 Å². The second-order valence-corrected chi connectivity index (χ2v) is 9.09. The zero-order chi connectivity index (χ0) is 27.3. The fraction of sp³-hybridized carbons (Fsp3) is 0.172. The number of nitrogens with zero attached hydrogens (tertiary/aromatic N) is 1. The van der Waals surface area contributed by atoms with Crippen LogP contribution in [0, 0.1) is 5.82 Å². The molecular weight excluding hydrogens is 520 g/mol. The maximum atomic E-state index is 14.8. The third kappa shape index (κ3) is 6.03. The Balaban J connectivity index is 1.94. The van der Waals surface area contributed by atoms with Crippen molar-refractivity contribution in [2.45, 2.75) is 24.7 Å². The van der Waals surface area contributed by atoms with E-state index in [4.69, 9.17) is 16.3 Å². The number of carbonyl (C=O) groups excluding carboxylic acids is 1. The molecule has 0 aliphatic heterocycles. The number of aromatic nitrogens is 1. The van der Waals surface area contributed by atoms with Gasteiger partial charge >= 0.3 is 12.1 Å². The Bertz CT molecular complexity index is 1410. The van der Waals surface area contributed by atoms with Crippen molar-refractivity contribution in [3.8, 4) is 0 Å². The van der Waals surface area contributed by atoms with Gasteiger partial charge in [0.15, 0.2) is 0 Å². The Kier molecular flexibility index (Phi) is 8.14. The van der Waals surface area contributed by atoms with Crippen LogP contribution in [0.1, 0.15) is 38.3 Å². The number of alkyl halides is 3. The van der Waals surface area contributed by atoms with Gasteiger partial charge in [0.05, 0.1) is 34.5 Å². The van der Waals surface area contributed by atoms with E-state index in [0.717, 1.165) is 17.7 Å². The quantitative estimate of drug-likeness (QED) is 0.193. The number of nitrogens with one attached hydrogen (secondary N) is 1. The largest absolute Gasteiger partial charge is 0.465 e. The molecule has 1 N–H and O–H groups in total. The Morgan fingerprint density at radius 1 is 0.947 bits per heavy atom. The van der Waals surface area contributed by atoms with Gasteiger partial charge in [0.25, 0.3) is 0 Å². The van der Waals surface area contributed by atoms with Crippen molar-refractivity contribution in [1.29, 1.82) is 0 Å². The summed E-state index contributed by atoms with van der Waals surface area (Å²) < 4.78 is 61.0. The van der Waals surface area contributed by atoms with Crippen LogP contribution >= 0.6 is 11.6 Å². The average Bonchev–Trinajstić information content (AvgIpc) is 2.91.